The second-order valence-corrected chi connectivity index (χ2v) is 3.99. The van der Waals surface area contributed by atoms with Crippen molar-refractivity contribution in [3.8, 4) is 0 Å². The highest BCUT2D eigenvalue weighted by atomic mass is 16.3. The normalized spacial score (nSPS) is 12.2. The number of aliphatic hydroxyl groups is 5. The van der Waals surface area contributed by atoms with Crippen molar-refractivity contribution in [1.29, 1.82) is 0 Å². The number of nitrogens with zero attached hydrogens (tertiary/aromatic N) is 1. The van der Waals surface area contributed by atoms with E-state index in [-0.39, 0.29) is 26.4 Å². The monoisotopic (exact) mass is 267 g/mol. The molecule has 0 aliphatic carbocycles. The molecule has 112 valence electrons. The van der Waals surface area contributed by atoms with Crippen LogP contribution in [0.4, 0.5) is 0 Å². The average Bonchev–Trinajstić information content (AvgIpc) is 2.37. The van der Waals surface area contributed by atoms with E-state index >= 15 is 0 Å². The molecule has 0 aliphatic rings. The first kappa shape index (κ1) is 20.1. The van der Waals surface area contributed by atoms with Crippen LogP contribution in [0.5, 0.6) is 0 Å². The van der Waals surface area contributed by atoms with E-state index in [1.165, 1.54) is 0 Å². The lowest BCUT2D eigenvalue weighted by atomic mass is 10.2. The zero-order valence-corrected chi connectivity index (χ0v) is 11.3. The lowest BCUT2D eigenvalue weighted by Crippen LogP contribution is -2.32. The van der Waals surface area contributed by atoms with E-state index in [1.807, 2.05) is 0 Å². The second-order valence-electron chi connectivity index (χ2n) is 3.99. The van der Waals surface area contributed by atoms with E-state index in [0.717, 1.165) is 19.3 Å². The molecule has 6 nitrogen and oxygen atoms in total. The van der Waals surface area contributed by atoms with E-state index in [4.69, 9.17) is 25.5 Å². The summed E-state index contributed by atoms with van der Waals surface area (Å²) in [5.41, 5.74) is 0. The van der Waals surface area contributed by atoms with E-state index in [1.54, 1.807) is 4.90 Å². The standard InChI is InChI=1S/C6H15NO3.C6H14O2/c8-4-1-7(2-5-9)3-6-10;1-2-3-4-6(8)5-7/h8-10H,1-6H2;6-8H,2-5H2,1H3. The predicted molar refractivity (Wildman–Crippen MR) is 70.3 cm³/mol. The molecular formula is C12H29NO5. The summed E-state index contributed by atoms with van der Waals surface area (Å²) in [5, 5.41) is 42.5. The number of aliphatic hydroxyl groups excluding tert-OH is 5. The molecule has 6 heteroatoms. The minimum absolute atomic E-state index is 0.0694. The van der Waals surface area contributed by atoms with Gasteiger partial charge in [0.25, 0.3) is 0 Å². The van der Waals surface area contributed by atoms with Crippen molar-refractivity contribution in [3.63, 3.8) is 0 Å². The van der Waals surface area contributed by atoms with Gasteiger partial charge < -0.3 is 25.5 Å². The van der Waals surface area contributed by atoms with Gasteiger partial charge in [0, 0.05) is 19.6 Å². The lowest BCUT2D eigenvalue weighted by molar-refractivity contribution is 0.0865. The summed E-state index contributed by atoms with van der Waals surface area (Å²) in [6.07, 6.45) is 2.32. The molecule has 0 aromatic carbocycles. The third-order valence-corrected chi connectivity index (χ3v) is 2.35. The molecule has 18 heavy (non-hydrogen) atoms. The van der Waals surface area contributed by atoms with Gasteiger partial charge in [-0.1, -0.05) is 19.8 Å². The van der Waals surface area contributed by atoms with Crippen LogP contribution in [0, 0.1) is 0 Å². The summed E-state index contributed by atoms with van der Waals surface area (Å²) in [4.78, 5) is 1.79. The Morgan fingerprint density at radius 2 is 1.33 bits per heavy atom. The molecule has 0 bridgehead atoms. The van der Waals surface area contributed by atoms with Gasteiger partial charge in [0.15, 0.2) is 0 Å². The molecule has 0 saturated carbocycles. The van der Waals surface area contributed by atoms with Gasteiger partial charge in [-0.25, -0.2) is 0 Å². The summed E-state index contributed by atoms with van der Waals surface area (Å²) < 4.78 is 0. The highest BCUT2D eigenvalue weighted by Crippen LogP contribution is 1.97. The summed E-state index contributed by atoms with van der Waals surface area (Å²) in [7, 11) is 0. The van der Waals surface area contributed by atoms with E-state index < -0.39 is 6.10 Å². The smallest absolute Gasteiger partial charge is 0.0770 e. The van der Waals surface area contributed by atoms with Crippen molar-refractivity contribution in [2.75, 3.05) is 46.1 Å². The fourth-order valence-corrected chi connectivity index (χ4v) is 1.29. The molecule has 0 saturated heterocycles. The molecule has 0 heterocycles. The molecule has 0 aromatic rings. The van der Waals surface area contributed by atoms with E-state index in [2.05, 4.69) is 6.92 Å². The van der Waals surface area contributed by atoms with Crippen LogP contribution in [0.2, 0.25) is 0 Å². The van der Waals surface area contributed by atoms with E-state index in [0.29, 0.717) is 19.6 Å². The van der Waals surface area contributed by atoms with Gasteiger partial charge in [-0.05, 0) is 6.42 Å². The van der Waals surface area contributed by atoms with Crippen molar-refractivity contribution in [1.82, 2.24) is 4.90 Å². The van der Waals surface area contributed by atoms with Gasteiger partial charge in [0.2, 0.25) is 0 Å². The molecular weight excluding hydrogens is 238 g/mol. The van der Waals surface area contributed by atoms with Gasteiger partial charge in [0.05, 0.1) is 32.5 Å². The Bertz CT molecular complexity index is 134. The maximum atomic E-state index is 8.74. The van der Waals surface area contributed by atoms with Gasteiger partial charge >= 0.3 is 0 Å². The first-order chi connectivity index (χ1) is 8.65. The van der Waals surface area contributed by atoms with Crippen molar-refractivity contribution >= 4 is 0 Å². The highest BCUT2D eigenvalue weighted by Gasteiger charge is 2.00. The Labute approximate surface area is 109 Å². The van der Waals surface area contributed by atoms with Crippen molar-refractivity contribution in [2.24, 2.45) is 0 Å². The summed E-state index contributed by atoms with van der Waals surface area (Å²) >= 11 is 0. The van der Waals surface area contributed by atoms with Crippen LogP contribution in [0.3, 0.4) is 0 Å². The van der Waals surface area contributed by atoms with Crippen molar-refractivity contribution in [3.05, 3.63) is 0 Å². The first-order valence-corrected chi connectivity index (χ1v) is 6.50. The number of hydrogen-bond donors (Lipinski definition) is 5. The van der Waals surface area contributed by atoms with Crippen LogP contribution in [-0.2, 0) is 0 Å². The van der Waals surface area contributed by atoms with Crippen molar-refractivity contribution in [2.45, 2.75) is 32.3 Å². The molecule has 1 unspecified atom stereocenters. The molecule has 0 aliphatic heterocycles. The molecule has 0 radical (unpaired) electrons. The average molecular weight is 267 g/mol. The maximum Gasteiger partial charge on any atom is 0.0770 e. The SMILES string of the molecule is CCCCC(O)CO.OCCN(CCO)CCO. The molecule has 0 aromatic heterocycles. The van der Waals surface area contributed by atoms with Crippen LogP contribution >= 0.6 is 0 Å². The third-order valence-electron chi connectivity index (χ3n) is 2.35. The fraction of sp³-hybridized carbons (Fsp3) is 1.00. The first-order valence-electron chi connectivity index (χ1n) is 6.50. The van der Waals surface area contributed by atoms with Gasteiger partial charge in [0.1, 0.15) is 0 Å². The minimum atomic E-state index is -0.491. The summed E-state index contributed by atoms with van der Waals surface area (Å²) in [6.45, 7) is 3.72. The van der Waals surface area contributed by atoms with Gasteiger partial charge in [-0.15, -0.1) is 0 Å². The van der Waals surface area contributed by atoms with Crippen LogP contribution in [0.15, 0.2) is 0 Å². The van der Waals surface area contributed by atoms with Gasteiger partial charge in [-0.2, -0.15) is 0 Å². The molecule has 0 amide bonds. The summed E-state index contributed by atoms with van der Waals surface area (Å²) in [5.74, 6) is 0. The quantitative estimate of drug-likeness (QED) is 0.340. The maximum absolute atomic E-state index is 8.74. The van der Waals surface area contributed by atoms with Crippen LogP contribution in [0.25, 0.3) is 0 Å². The molecule has 0 spiro atoms. The zero-order chi connectivity index (χ0) is 14.2. The predicted octanol–water partition coefficient (Wildman–Crippen LogP) is -1.20. The molecule has 1 atom stereocenters. The van der Waals surface area contributed by atoms with E-state index in [9.17, 15) is 0 Å². The third kappa shape index (κ3) is 15.8. The zero-order valence-electron chi connectivity index (χ0n) is 11.3. The summed E-state index contributed by atoms with van der Waals surface area (Å²) in [6, 6.07) is 0. The highest BCUT2D eigenvalue weighted by molar-refractivity contribution is 4.54. The molecule has 0 rings (SSSR count). The second kappa shape index (κ2) is 16.8. The van der Waals surface area contributed by atoms with Crippen molar-refractivity contribution < 1.29 is 25.5 Å². The Kier molecular flexibility index (Phi) is 18.7. The topological polar surface area (TPSA) is 104 Å². The lowest BCUT2D eigenvalue weighted by Gasteiger charge is -2.17. The number of hydrogen-bond acceptors (Lipinski definition) is 6. The Balaban J connectivity index is 0. The van der Waals surface area contributed by atoms with Crippen LogP contribution in [0.1, 0.15) is 26.2 Å². The molecule has 0 fully saturated rings. The van der Waals surface area contributed by atoms with Crippen LogP contribution in [-0.4, -0.2) is 82.6 Å². The largest absolute Gasteiger partial charge is 0.395 e. The molecule has 5 N–H and O–H groups in total. The minimum Gasteiger partial charge on any atom is -0.395 e. The Hall–Kier alpha value is -0.240. The van der Waals surface area contributed by atoms with Crippen LogP contribution < -0.4 is 0 Å². The number of unbranched alkanes of at least 4 members (excludes halogenated alkanes) is 1. The number of rotatable bonds is 10. The fourth-order valence-electron chi connectivity index (χ4n) is 1.29. The Morgan fingerprint density at radius 3 is 1.61 bits per heavy atom. The van der Waals surface area contributed by atoms with Gasteiger partial charge in [-0.3, -0.25) is 4.90 Å². The Morgan fingerprint density at radius 1 is 0.889 bits per heavy atom.